The maximum Gasteiger partial charge on any atom is 0.262 e. The van der Waals surface area contributed by atoms with E-state index in [2.05, 4.69) is 15.6 Å². The first-order valence-electron chi connectivity index (χ1n) is 9.60. The van der Waals surface area contributed by atoms with Gasteiger partial charge in [0.25, 0.3) is 11.5 Å². The van der Waals surface area contributed by atoms with Gasteiger partial charge < -0.3 is 31.2 Å². The molecule has 166 valence electrons. The summed E-state index contributed by atoms with van der Waals surface area (Å²) in [6, 6.07) is 7.09. The molecule has 1 aromatic carbocycles. The van der Waals surface area contributed by atoms with Crippen molar-refractivity contribution in [1.82, 2.24) is 15.2 Å². The van der Waals surface area contributed by atoms with Gasteiger partial charge in [0.05, 0.1) is 23.7 Å². The largest absolute Gasteiger partial charge is 0.508 e. The number of phenols is 1. The molecule has 2 heterocycles. The predicted octanol–water partition coefficient (Wildman–Crippen LogP) is 0.774. The van der Waals surface area contributed by atoms with Crippen molar-refractivity contribution in [3.05, 3.63) is 51.3 Å². The lowest BCUT2D eigenvalue weighted by Gasteiger charge is -2.37. The zero-order valence-corrected chi connectivity index (χ0v) is 17.6. The van der Waals surface area contributed by atoms with E-state index < -0.39 is 11.5 Å². The van der Waals surface area contributed by atoms with Gasteiger partial charge in [-0.1, -0.05) is 11.6 Å². The lowest BCUT2D eigenvalue weighted by Crippen LogP contribution is -2.56. The molecule has 0 saturated carbocycles. The normalized spacial score (nSPS) is 19.0. The third-order valence-electron chi connectivity index (χ3n) is 5.05. The second-order valence-electron chi connectivity index (χ2n) is 7.25. The first kappa shape index (κ1) is 22.6. The number of hydrogen-bond acceptors (Lipinski definition) is 7. The van der Waals surface area contributed by atoms with Crippen LogP contribution in [0.15, 0.2) is 35.1 Å². The Balaban J connectivity index is 1.57. The van der Waals surface area contributed by atoms with E-state index in [0.29, 0.717) is 25.2 Å². The van der Waals surface area contributed by atoms with Crippen LogP contribution in [0.2, 0.25) is 5.02 Å². The van der Waals surface area contributed by atoms with E-state index >= 15 is 0 Å². The van der Waals surface area contributed by atoms with Crippen LogP contribution in [0.5, 0.6) is 5.75 Å². The van der Waals surface area contributed by atoms with E-state index in [4.69, 9.17) is 22.1 Å². The van der Waals surface area contributed by atoms with Crippen molar-refractivity contribution in [1.29, 1.82) is 0 Å². The lowest BCUT2D eigenvalue weighted by atomic mass is 10.0. The van der Waals surface area contributed by atoms with Crippen LogP contribution in [0.25, 0.3) is 0 Å². The minimum atomic E-state index is -0.628. The number of likely N-dealkylation sites (tertiary alicyclic amines) is 1. The molecule has 6 N–H and O–H groups in total. The first-order chi connectivity index (χ1) is 14.8. The number of hydrogen-bond donors (Lipinski definition) is 5. The highest BCUT2D eigenvalue weighted by Gasteiger charge is 2.32. The number of phenolic OH excluding ortho intramolecular Hbond substituents is 1. The highest BCUT2D eigenvalue weighted by Crippen LogP contribution is 2.18. The Kier molecular flexibility index (Phi) is 7.16. The number of pyridine rings is 1. The number of aromatic hydroxyl groups is 1. The maximum absolute atomic E-state index is 12.6. The standard InChI is InChI=1S/C20H24ClN5O5/c1-31-16-9-26(10-17(28)23-11-2-4-12(27)5-3-11)7-6-15(16)24-19(29)13-8-14(21)18(22)25-20(13)30/h2-5,8,15-16,27H,6-7,9-10H2,1H3,(H,23,28)(H,24,29)(H3,22,25,30)/t15-,16+/m1/s1. The smallest absolute Gasteiger partial charge is 0.262 e. The predicted molar refractivity (Wildman–Crippen MR) is 116 cm³/mol. The molecule has 31 heavy (non-hydrogen) atoms. The molecule has 1 fully saturated rings. The number of nitrogen functional groups attached to an aromatic ring is 1. The van der Waals surface area contributed by atoms with Crippen molar-refractivity contribution >= 4 is 34.9 Å². The van der Waals surface area contributed by atoms with Gasteiger partial charge in [0, 0.05) is 25.9 Å². The molecular formula is C20H24ClN5O5. The number of halogens is 1. The lowest BCUT2D eigenvalue weighted by molar-refractivity contribution is -0.118. The highest BCUT2D eigenvalue weighted by atomic mass is 35.5. The summed E-state index contributed by atoms with van der Waals surface area (Å²) in [6.07, 6.45) is 0.152. The van der Waals surface area contributed by atoms with Crippen molar-refractivity contribution in [3.8, 4) is 5.75 Å². The molecule has 11 heteroatoms. The third kappa shape index (κ3) is 5.75. The number of carbonyl (C=O) groups is 2. The Labute approximate surface area is 183 Å². The number of amides is 2. The van der Waals surface area contributed by atoms with Crippen LogP contribution in [0.1, 0.15) is 16.8 Å². The number of nitrogens with one attached hydrogen (secondary N) is 3. The van der Waals surface area contributed by atoms with Gasteiger partial charge in [-0.05, 0) is 36.8 Å². The monoisotopic (exact) mass is 449 g/mol. The van der Waals surface area contributed by atoms with Gasteiger partial charge in [-0.2, -0.15) is 0 Å². The van der Waals surface area contributed by atoms with Crippen LogP contribution in [0, 0.1) is 0 Å². The number of rotatable bonds is 6. The van der Waals surface area contributed by atoms with Gasteiger partial charge in [0.15, 0.2) is 0 Å². The van der Waals surface area contributed by atoms with Crippen molar-refractivity contribution in [2.45, 2.75) is 18.6 Å². The molecule has 0 aliphatic carbocycles. The zero-order valence-electron chi connectivity index (χ0n) is 16.9. The first-order valence-corrected chi connectivity index (χ1v) is 9.98. The fourth-order valence-electron chi connectivity index (χ4n) is 3.41. The van der Waals surface area contributed by atoms with Crippen molar-refractivity contribution in [2.24, 2.45) is 0 Å². The number of H-pyrrole nitrogens is 1. The van der Waals surface area contributed by atoms with Gasteiger partial charge in [-0.3, -0.25) is 19.3 Å². The summed E-state index contributed by atoms with van der Waals surface area (Å²) < 4.78 is 5.51. The van der Waals surface area contributed by atoms with Gasteiger partial charge >= 0.3 is 0 Å². The van der Waals surface area contributed by atoms with E-state index in [9.17, 15) is 19.5 Å². The molecule has 1 saturated heterocycles. The molecule has 2 aromatic rings. The Bertz CT molecular complexity index is 1010. The average molecular weight is 450 g/mol. The molecule has 2 atom stereocenters. The van der Waals surface area contributed by atoms with Crippen LogP contribution < -0.4 is 21.9 Å². The number of aromatic nitrogens is 1. The van der Waals surface area contributed by atoms with E-state index in [1.165, 1.54) is 25.3 Å². The van der Waals surface area contributed by atoms with Gasteiger partial charge in [0.1, 0.15) is 17.1 Å². The third-order valence-corrected chi connectivity index (χ3v) is 5.36. The molecule has 1 aliphatic rings. The topological polar surface area (TPSA) is 150 Å². The second kappa shape index (κ2) is 9.82. The SMILES string of the molecule is CO[C@H]1CN(CC(=O)Nc2ccc(O)cc2)CC[C@H]1NC(=O)c1cc(Cl)c(N)[nH]c1=O. The molecule has 1 aromatic heterocycles. The average Bonchev–Trinajstić information content (AvgIpc) is 2.73. The van der Waals surface area contributed by atoms with Crippen LogP contribution in [-0.2, 0) is 9.53 Å². The Morgan fingerprint density at radius 1 is 1.35 bits per heavy atom. The summed E-state index contributed by atoms with van der Waals surface area (Å²) >= 11 is 5.91. The second-order valence-corrected chi connectivity index (χ2v) is 7.65. The minimum Gasteiger partial charge on any atom is -0.508 e. The number of aromatic amines is 1. The number of anilines is 2. The quantitative estimate of drug-likeness (QED) is 0.409. The minimum absolute atomic E-state index is 0.00289. The Hall–Kier alpha value is -3.08. The van der Waals surface area contributed by atoms with E-state index in [1.54, 1.807) is 12.1 Å². The Morgan fingerprint density at radius 2 is 2.06 bits per heavy atom. The van der Waals surface area contributed by atoms with Gasteiger partial charge in [0.2, 0.25) is 5.91 Å². The summed E-state index contributed by atoms with van der Waals surface area (Å²) in [4.78, 5) is 41.1. The molecule has 0 spiro atoms. The van der Waals surface area contributed by atoms with E-state index in [-0.39, 0.29) is 46.8 Å². The van der Waals surface area contributed by atoms with Crippen LogP contribution >= 0.6 is 11.6 Å². The fraction of sp³-hybridized carbons (Fsp3) is 0.350. The number of nitrogens with zero attached hydrogens (tertiary/aromatic N) is 1. The maximum atomic E-state index is 12.6. The summed E-state index contributed by atoms with van der Waals surface area (Å²) in [7, 11) is 1.52. The number of ether oxygens (including phenoxy) is 1. The van der Waals surface area contributed by atoms with E-state index in [0.717, 1.165) is 0 Å². The molecular weight excluding hydrogens is 426 g/mol. The van der Waals surface area contributed by atoms with Crippen molar-refractivity contribution < 1.29 is 19.4 Å². The molecule has 10 nitrogen and oxygen atoms in total. The molecule has 3 rings (SSSR count). The summed E-state index contributed by atoms with van der Waals surface area (Å²) in [6.45, 7) is 1.12. The fourth-order valence-corrected chi connectivity index (χ4v) is 3.57. The van der Waals surface area contributed by atoms with Crippen molar-refractivity contribution in [2.75, 3.05) is 37.8 Å². The van der Waals surface area contributed by atoms with Crippen LogP contribution in [0.3, 0.4) is 0 Å². The summed E-state index contributed by atoms with van der Waals surface area (Å²) in [5, 5.41) is 15.0. The van der Waals surface area contributed by atoms with Gasteiger partial charge in [-0.25, -0.2) is 0 Å². The van der Waals surface area contributed by atoms with Gasteiger partial charge in [-0.15, -0.1) is 0 Å². The number of carbonyl (C=O) groups excluding carboxylic acids is 2. The number of nitrogens with two attached hydrogens (primary N) is 1. The molecule has 0 unspecified atom stereocenters. The van der Waals surface area contributed by atoms with Crippen LogP contribution in [-0.4, -0.2) is 65.7 Å². The molecule has 0 bridgehead atoms. The molecule has 2 amide bonds. The molecule has 1 aliphatic heterocycles. The Morgan fingerprint density at radius 3 is 2.74 bits per heavy atom. The number of methoxy groups -OCH3 is 1. The highest BCUT2D eigenvalue weighted by molar-refractivity contribution is 6.33. The summed E-state index contributed by atoms with van der Waals surface area (Å²) in [5.74, 6) is -0.662. The van der Waals surface area contributed by atoms with Crippen LogP contribution in [0.4, 0.5) is 11.5 Å². The van der Waals surface area contributed by atoms with Crippen molar-refractivity contribution in [3.63, 3.8) is 0 Å². The van der Waals surface area contributed by atoms with E-state index in [1.807, 2.05) is 4.90 Å². The zero-order chi connectivity index (χ0) is 22.5. The summed E-state index contributed by atoms with van der Waals surface area (Å²) in [5.41, 5.74) is 5.36. The molecule has 0 radical (unpaired) electrons. The number of piperidine rings is 1. The number of benzene rings is 1.